The lowest BCUT2D eigenvalue weighted by Crippen LogP contribution is -2.53. The molecule has 1 amide bonds. The van der Waals surface area contributed by atoms with E-state index in [9.17, 15) is 24.9 Å². The van der Waals surface area contributed by atoms with Crippen molar-refractivity contribution in [3.63, 3.8) is 0 Å². The van der Waals surface area contributed by atoms with Crippen LogP contribution in [0.25, 0.3) is 0 Å². The van der Waals surface area contributed by atoms with Crippen LogP contribution in [0.3, 0.4) is 0 Å². The number of cyclic esters (lactones) is 1. The summed E-state index contributed by atoms with van der Waals surface area (Å²) in [6, 6.07) is 0.600. The number of carbonyl (C=O) groups is 2. The predicted molar refractivity (Wildman–Crippen MR) is 201 cm³/mol. The van der Waals surface area contributed by atoms with Crippen molar-refractivity contribution < 1.29 is 43.9 Å². The number of amides is 1. The molecular formula is C41H68N2O9. The van der Waals surface area contributed by atoms with E-state index in [1.807, 2.05) is 52.8 Å². The van der Waals surface area contributed by atoms with Gasteiger partial charge in [-0.05, 0) is 64.5 Å². The van der Waals surface area contributed by atoms with E-state index in [1.54, 1.807) is 31.1 Å². The standard InChI is InChI=1S/C41H68N2O9/c1-8-33(45)30(4)38-34(50-38)27-40(5,48)20-13-14-28(2)37-29(3)17-18-35(41(6,49-7)21-19-32(44)26-36(46)52-37)51-39(47)43-24-22-42(23-25-43)31-15-11-9-10-12-16-31/h13-14,17-18,20,29-35,37-38,44-45,48H,8-12,15-16,19,21-27H2,1-7H3/b18-17-,20-13+,28-14+. The van der Waals surface area contributed by atoms with Gasteiger partial charge in [-0.25, -0.2) is 4.79 Å². The summed E-state index contributed by atoms with van der Waals surface area (Å²) < 4.78 is 23.9. The molecule has 3 N–H and O–H groups in total. The molecule has 11 nitrogen and oxygen atoms in total. The van der Waals surface area contributed by atoms with Gasteiger partial charge in [0.1, 0.15) is 11.7 Å². The van der Waals surface area contributed by atoms with Crippen LogP contribution >= 0.6 is 0 Å². The van der Waals surface area contributed by atoms with Crippen LogP contribution in [-0.4, -0.2) is 124 Å². The van der Waals surface area contributed by atoms with Crippen molar-refractivity contribution in [3.8, 4) is 0 Å². The molecule has 3 aliphatic heterocycles. The van der Waals surface area contributed by atoms with E-state index in [2.05, 4.69) is 4.90 Å². The number of rotatable bonds is 11. The average Bonchev–Trinajstić information content (AvgIpc) is 3.93. The Morgan fingerprint density at radius 2 is 1.81 bits per heavy atom. The second kappa shape index (κ2) is 19.4. The highest BCUT2D eigenvalue weighted by Crippen LogP contribution is 2.38. The Bertz CT molecular complexity index is 1240. The van der Waals surface area contributed by atoms with Crippen LogP contribution in [0, 0.1) is 11.8 Å². The first-order chi connectivity index (χ1) is 24.7. The molecule has 2 saturated heterocycles. The monoisotopic (exact) mass is 732 g/mol. The molecule has 3 heterocycles. The molecule has 10 unspecified atom stereocenters. The Morgan fingerprint density at radius 3 is 2.44 bits per heavy atom. The molecule has 0 aromatic carbocycles. The van der Waals surface area contributed by atoms with Crippen molar-refractivity contribution in [2.75, 3.05) is 33.3 Å². The fraction of sp³-hybridized carbons (Fsp3) is 0.805. The molecule has 4 aliphatic rings. The van der Waals surface area contributed by atoms with Crippen molar-refractivity contribution >= 4 is 12.1 Å². The molecule has 1 saturated carbocycles. The molecule has 52 heavy (non-hydrogen) atoms. The topological polar surface area (TPSA) is 142 Å². The van der Waals surface area contributed by atoms with Gasteiger partial charge in [-0.3, -0.25) is 9.69 Å². The van der Waals surface area contributed by atoms with E-state index in [0.29, 0.717) is 38.4 Å². The van der Waals surface area contributed by atoms with E-state index >= 15 is 0 Å². The van der Waals surface area contributed by atoms with Crippen LogP contribution in [0.1, 0.15) is 112 Å². The average molecular weight is 733 g/mol. The zero-order chi connectivity index (χ0) is 38.1. The Morgan fingerprint density at radius 1 is 1.13 bits per heavy atom. The molecule has 4 rings (SSSR count). The minimum absolute atomic E-state index is 0.00277. The molecule has 10 atom stereocenters. The molecule has 11 heteroatoms. The zero-order valence-electron chi connectivity index (χ0n) is 32.9. The van der Waals surface area contributed by atoms with Gasteiger partial charge >= 0.3 is 12.1 Å². The number of piperazine rings is 1. The summed E-state index contributed by atoms with van der Waals surface area (Å²) in [5.41, 5.74) is -1.34. The Balaban J connectivity index is 1.45. The third-order valence-electron chi connectivity index (χ3n) is 12.0. The first-order valence-electron chi connectivity index (χ1n) is 19.9. The Labute approximate surface area is 312 Å². The number of carbonyl (C=O) groups excluding carboxylic acids is 2. The molecule has 0 bridgehead atoms. The number of hydrogen-bond donors (Lipinski definition) is 3. The largest absolute Gasteiger partial charge is 0.457 e. The number of ether oxygens (including phenoxy) is 4. The number of hydrogen-bond acceptors (Lipinski definition) is 10. The first-order valence-corrected chi connectivity index (χ1v) is 19.9. The quantitative estimate of drug-likeness (QED) is 0.0796. The lowest BCUT2D eigenvalue weighted by Gasteiger charge is -2.40. The SMILES string of the molecule is CCC(O)C(C)C1OC1CC(C)(O)/C=C/C=C(\C)C1OC(=O)CC(O)CCC(C)(OC)C(OC(=O)N2CCN(C3CCCCCC3)CC2)/C=C\C1C. The zero-order valence-corrected chi connectivity index (χ0v) is 32.9. The normalized spacial score (nSPS) is 35.0. The molecule has 3 fully saturated rings. The van der Waals surface area contributed by atoms with Crippen molar-refractivity contribution in [3.05, 3.63) is 36.0 Å². The van der Waals surface area contributed by atoms with Crippen molar-refractivity contribution in [1.82, 2.24) is 9.80 Å². The predicted octanol–water partition coefficient (Wildman–Crippen LogP) is 5.70. The lowest BCUT2D eigenvalue weighted by molar-refractivity contribution is -0.151. The van der Waals surface area contributed by atoms with Crippen LogP contribution < -0.4 is 0 Å². The number of aliphatic hydroxyl groups excluding tert-OH is 2. The van der Waals surface area contributed by atoms with Gasteiger partial charge in [0.2, 0.25) is 0 Å². The number of esters is 1. The number of epoxide rings is 1. The minimum Gasteiger partial charge on any atom is -0.457 e. The van der Waals surface area contributed by atoms with Gasteiger partial charge in [-0.2, -0.15) is 0 Å². The van der Waals surface area contributed by atoms with Crippen molar-refractivity contribution in [2.45, 2.75) is 166 Å². The third kappa shape index (κ3) is 12.1. The third-order valence-corrected chi connectivity index (χ3v) is 12.0. The van der Waals surface area contributed by atoms with Gasteiger partial charge < -0.3 is 39.2 Å². The summed E-state index contributed by atoms with van der Waals surface area (Å²) in [7, 11) is 1.58. The lowest BCUT2D eigenvalue weighted by atomic mass is 9.88. The van der Waals surface area contributed by atoms with E-state index < -0.39 is 41.6 Å². The fourth-order valence-corrected chi connectivity index (χ4v) is 8.08. The summed E-state index contributed by atoms with van der Waals surface area (Å²) >= 11 is 0. The first kappa shape index (κ1) is 42.5. The number of methoxy groups -OCH3 is 1. The number of aliphatic hydroxyl groups is 3. The van der Waals surface area contributed by atoms with Gasteiger partial charge in [0.15, 0.2) is 6.10 Å². The molecule has 0 radical (unpaired) electrons. The molecule has 0 spiro atoms. The number of nitrogens with zero attached hydrogens (tertiary/aromatic N) is 2. The van der Waals surface area contributed by atoms with E-state index in [1.165, 1.54) is 38.5 Å². The molecule has 1 aliphatic carbocycles. The number of allylic oxidation sites excluding steroid dienone is 2. The van der Waals surface area contributed by atoms with Crippen LogP contribution in [0.2, 0.25) is 0 Å². The van der Waals surface area contributed by atoms with Gasteiger partial charge in [-0.15, -0.1) is 0 Å². The molecule has 296 valence electrons. The highest BCUT2D eigenvalue weighted by molar-refractivity contribution is 5.70. The summed E-state index contributed by atoms with van der Waals surface area (Å²) in [6.07, 6.45) is 14.8. The van der Waals surface area contributed by atoms with Gasteiger partial charge in [0, 0.05) is 57.6 Å². The smallest absolute Gasteiger partial charge is 0.410 e. The van der Waals surface area contributed by atoms with Crippen LogP contribution in [0.5, 0.6) is 0 Å². The maximum atomic E-state index is 13.6. The summed E-state index contributed by atoms with van der Waals surface area (Å²) in [5.74, 6) is -0.826. The highest BCUT2D eigenvalue weighted by Gasteiger charge is 2.47. The Kier molecular flexibility index (Phi) is 15.8. The van der Waals surface area contributed by atoms with Gasteiger partial charge in [-0.1, -0.05) is 70.8 Å². The molecule has 0 aromatic rings. The van der Waals surface area contributed by atoms with Crippen LogP contribution in [-0.2, 0) is 23.7 Å². The van der Waals surface area contributed by atoms with Crippen LogP contribution in [0.4, 0.5) is 4.79 Å². The van der Waals surface area contributed by atoms with E-state index in [4.69, 9.17) is 18.9 Å². The van der Waals surface area contributed by atoms with E-state index in [-0.39, 0.29) is 43.0 Å². The fourth-order valence-electron chi connectivity index (χ4n) is 8.08. The van der Waals surface area contributed by atoms with Crippen LogP contribution in [0.15, 0.2) is 36.0 Å². The van der Waals surface area contributed by atoms with Crippen molar-refractivity contribution in [2.24, 2.45) is 11.8 Å². The maximum Gasteiger partial charge on any atom is 0.410 e. The Hall–Kier alpha value is -2.28. The minimum atomic E-state index is -1.14. The second-order valence-corrected chi connectivity index (χ2v) is 16.3. The summed E-state index contributed by atoms with van der Waals surface area (Å²) in [4.78, 5) is 31.0. The highest BCUT2D eigenvalue weighted by atomic mass is 16.6. The van der Waals surface area contributed by atoms with E-state index in [0.717, 1.165) is 18.7 Å². The molecule has 0 aromatic heterocycles. The van der Waals surface area contributed by atoms with Gasteiger partial charge in [0.25, 0.3) is 0 Å². The van der Waals surface area contributed by atoms with Gasteiger partial charge in [0.05, 0.1) is 36.4 Å². The molecular weight excluding hydrogens is 664 g/mol. The maximum absolute atomic E-state index is 13.6. The van der Waals surface area contributed by atoms with Crippen molar-refractivity contribution in [1.29, 1.82) is 0 Å². The summed E-state index contributed by atoms with van der Waals surface area (Å²) in [6.45, 7) is 14.2. The second-order valence-electron chi connectivity index (χ2n) is 16.3. The summed E-state index contributed by atoms with van der Waals surface area (Å²) in [5, 5.41) is 32.1.